The van der Waals surface area contributed by atoms with Gasteiger partial charge in [0.2, 0.25) is 0 Å². The predicted molar refractivity (Wildman–Crippen MR) is 52.2 cm³/mol. The molecule has 0 saturated carbocycles. The Morgan fingerprint density at radius 3 is 2.17 bits per heavy atom. The summed E-state index contributed by atoms with van der Waals surface area (Å²) >= 11 is 0. The fraction of sp³-hybridized carbons (Fsp3) is 0.700. The fourth-order valence-corrected chi connectivity index (χ4v) is 0.882. The van der Waals surface area contributed by atoms with Crippen LogP contribution in [0.5, 0.6) is 0 Å². The second kappa shape index (κ2) is 6.67. The lowest BCUT2D eigenvalue weighted by Gasteiger charge is -2.17. The number of carbonyl (C=O) groups excluding carboxylic acids is 1. The molecule has 106 valence electrons. The maximum Gasteiger partial charge on any atom is 0.394 e. The Balaban J connectivity index is 3.78. The average Bonchev–Trinajstić information content (AvgIpc) is 2.12. The molecule has 0 spiro atoms. The van der Waals surface area contributed by atoms with E-state index in [2.05, 4.69) is 16.1 Å². The molecule has 0 atom stereocenters. The third-order valence-electron chi connectivity index (χ3n) is 1.58. The van der Waals surface area contributed by atoms with E-state index in [0.29, 0.717) is 0 Å². The number of alkyl halides is 5. The molecule has 0 fully saturated rings. The van der Waals surface area contributed by atoms with E-state index in [1.54, 1.807) is 0 Å². The molecule has 0 aromatic rings. The highest BCUT2D eigenvalue weighted by Crippen LogP contribution is 2.31. The van der Waals surface area contributed by atoms with Gasteiger partial charge in [0.15, 0.2) is 0 Å². The van der Waals surface area contributed by atoms with Crippen molar-refractivity contribution >= 4 is 5.97 Å². The minimum Gasteiger partial charge on any atom is -0.460 e. The highest BCUT2D eigenvalue weighted by molar-refractivity contribution is 5.86. The number of carbonyl (C=O) groups is 1. The first kappa shape index (κ1) is 16.8. The minimum atomic E-state index is -4.96. The van der Waals surface area contributed by atoms with Crippen LogP contribution in [0.3, 0.4) is 0 Å². The molecule has 0 amide bonds. The van der Waals surface area contributed by atoms with Crippen LogP contribution in [0.15, 0.2) is 12.2 Å². The third-order valence-corrected chi connectivity index (χ3v) is 1.58. The van der Waals surface area contributed by atoms with Crippen LogP contribution in [0.1, 0.15) is 13.3 Å². The van der Waals surface area contributed by atoms with E-state index in [-0.39, 0.29) is 12.2 Å². The first-order chi connectivity index (χ1) is 8.03. The molecule has 0 radical (unpaired) electrons. The minimum absolute atomic E-state index is 0.123. The van der Waals surface area contributed by atoms with E-state index in [0.717, 1.165) is 0 Å². The van der Waals surface area contributed by atoms with Crippen LogP contribution in [0.2, 0.25) is 0 Å². The monoisotopic (exact) mass is 276 g/mol. The Morgan fingerprint density at radius 2 is 1.72 bits per heavy atom. The number of hydrogen-bond acceptors (Lipinski definition) is 3. The highest BCUT2D eigenvalue weighted by atomic mass is 19.4. The summed E-state index contributed by atoms with van der Waals surface area (Å²) in [6.45, 7) is 2.55. The van der Waals surface area contributed by atoms with Crippen LogP contribution in [0.4, 0.5) is 22.0 Å². The fourth-order valence-electron chi connectivity index (χ4n) is 0.882. The van der Waals surface area contributed by atoms with Gasteiger partial charge in [-0.1, -0.05) is 6.58 Å². The number of ether oxygens (including phenoxy) is 2. The van der Waals surface area contributed by atoms with Crippen molar-refractivity contribution in [3.63, 3.8) is 0 Å². The summed E-state index contributed by atoms with van der Waals surface area (Å²) in [6.07, 6.45) is -7.20. The van der Waals surface area contributed by atoms with Gasteiger partial charge < -0.3 is 9.47 Å². The smallest absolute Gasteiger partial charge is 0.394 e. The van der Waals surface area contributed by atoms with Crippen molar-refractivity contribution in [2.75, 3.05) is 19.8 Å². The summed E-state index contributed by atoms with van der Waals surface area (Å²) < 4.78 is 69.3. The maximum absolute atomic E-state index is 12.7. The average molecular weight is 276 g/mol. The summed E-state index contributed by atoms with van der Waals surface area (Å²) in [4.78, 5) is 10.8. The van der Waals surface area contributed by atoms with Gasteiger partial charge in [-0.15, -0.1) is 0 Å². The van der Waals surface area contributed by atoms with Crippen molar-refractivity contribution in [2.24, 2.45) is 0 Å². The summed E-state index contributed by atoms with van der Waals surface area (Å²) in [5.41, 5.74) is 0.123. The number of esters is 1. The number of halogens is 5. The van der Waals surface area contributed by atoms with Crippen molar-refractivity contribution in [3.8, 4) is 0 Å². The van der Waals surface area contributed by atoms with Crippen LogP contribution >= 0.6 is 0 Å². The van der Waals surface area contributed by atoms with Crippen LogP contribution in [0, 0.1) is 0 Å². The second-order valence-electron chi connectivity index (χ2n) is 3.62. The summed E-state index contributed by atoms with van der Waals surface area (Å²) in [7, 11) is 0. The molecule has 0 aliphatic rings. The van der Waals surface area contributed by atoms with Gasteiger partial charge in [0, 0.05) is 5.57 Å². The van der Waals surface area contributed by atoms with Crippen molar-refractivity contribution in [1.29, 1.82) is 0 Å². The van der Waals surface area contributed by atoms with Gasteiger partial charge in [0.1, 0.15) is 19.6 Å². The number of hydrogen-bond donors (Lipinski definition) is 0. The van der Waals surface area contributed by atoms with E-state index in [1.807, 2.05) is 0 Å². The van der Waals surface area contributed by atoms with E-state index < -0.39 is 37.7 Å². The Hall–Kier alpha value is -1.18. The van der Waals surface area contributed by atoms with Gasteiger partial charge in [0.25, 0.3) is 5.92 Å². The van der Waals surface area contributed by atoms with E-state index in [1.165, 1.54) is 6.92 Å². The van der Waals surface area contributed by atoms with Crippen molar-refractivity contribution in [2.45, 2.75) is 25.4 Å². The van der Waals surface area contributed by atoms with Crippen LogP contribution in [-0.2, 0) is 14.3 Å². The molecule has 0 saturated heterocycles. The van der Waals surface area contributed by atoms with E-state index in [9.17, 15) is 26.7 Å². The molecule has 0 unspecified atom stereocenters. The second-order valence-corrected chi connectivity index (χ2v) is 3.62. The quantitative estimate of drug-likeness (QED) is 0.310. The summed E-state index contributed by atoms with van der Waals surface area (Å²) in [5, 5.41) is 0. The van der Waals surface area contributed by atoms with Crippen molar-refractivity contribution in [3.05, 3.63) is 12.2 Å². The molecule has 0 heterocycles. The lowest BCUT2D eigenvalue weighted by Crippen LogP contribution is -2.31. The van der Waals surface area contributed by atoms with E-state index >= 15 is 0 Å². The van der Waals surface area contributed by atoms with Gasteiger partial charge in [-0.3, -0.25) is 0 Å². The first-order valence-corrected chi connectivity index (χ1v) is 4.88. The molecule has 0 aromatic heterocycles. The summed E-state index contributed by atoms with van der Waals surface area (Å²) in [5.74, 6) is -4.71. The van der Waals surface area contributed by atoms with Gasteiger partial charge in [-0.2, -0.15) is 13.2 Å². The standard InChI is InChI=1S/C10H13F5O3/c1-7(2)8(16)18-4-3-17-6-9(11,12)5-10(13,14)15/h1,3-6H2,2H3. The zero-order valence-corrected chi connectivity index (χ0v) is 9.65. The molecule has 0 bridgehead atoms. The van der Waals surface area contributed by atoms with Crippen LogP contribution in [-0.4, -0.2) is 37.9 Å². The molecule has 0 aromatic carbocycles. The van der Waals surface area contributed by atoms with Gasteiger partial charge >= 0.3 is 12.1 Å². The van der Waals surface area contributed by atoms with Crippen LogP contribution < -0.4 is 0 Å². The normalized spacial score (nSPS) is 12.3. The van der Waals surface area contributed by atoms with Gasteiger partial charge in [-0.05, 0) is 6.92 Å². The Morgan fingerprint density at radius 1 is 1.17 bits per heavy atom. The molecule has 3 nitrogen and oxygen atoms in total. The van der Waals surface area contributed by atoms with Gasteiger partial charge in [-0.25, -0.2) is 13.6 Å². The molecule has 0 N–H and O–H groups in total. The maximum atomic E-state index is 12.7. The van der Waals surface area contributed by atoms with Crippen molar-refractivity contribution in [1.82, 2.24) is 0 Å². The lowest BCUT2D eigenvalue weighted by molar-refractivity contribution is -0.202. The molecule has 8 heteroatoms. The zero-order valence-electron chi connectivity index (χ0n) is 9.65. The third kappa shape index (κ3) is 8.91. The van der Waals surface area contributed by atoms with E-state index in [4.69, 9.17) is 0 Å². The predicted octanol–water partition coefficient (Wildman–Crippen LogP) is 2.71. The molecular weight excluding hydrogens is 263 g/mol. The lowest BCUT2D eigenvalue weighted by atomic mass is 10.2. The number of rotatable bonds is 7. The van der Waals surface area contributed by atoms with Crippen LogP contribution in [0.25, 0.3) is 0 Å². The summed E-state index contributed by atoms with van der Waals surface area (Å²) in [6, 6.07) is 0. The Bertz CT molecular complexity index is 298. The Labute approximate surface area is 101 Å². The molecule has 0 aliphatic carbocycles. The van der Waals surface area contributed by atoms with Crippen molar-refractivity contribution < 1.29 is 36.2 Å². The first-order valence-electron chi connectivity index (χ1n) is 4.88. The molecular formula is C10H13F5O3. The molecule has 0 aliphatic heterocycles. The SMILES string of the molecule is C=C(C)C(=O)OCCOCC(F)(F)CC(F)(F)F. The molecule has 18 heavy (non-hydrogen) atoms. The topological polar surface area (TPSA) is 35.5 Å². The largest absolute Gasteiger partial charge is 0.460 e. The molecule has 0 rings (SSSR count). The highest BCUT2D eigenvalue weighted by Gasteiger charge is 2.43. The Kier molecular flexibility index (Phi) is 6.23. The van der Waals surface area contributed by atoms with Gasteiger partial charge in [0.05, 0.1) is 6.61 Å². The zero-order chi connectivity index (χ0) is 14.4.